The molecule has 0 aromatic carbocycles. The first-order valence-corrected chi connectivity index (χ1v) is 5.89. The van der Waals surface area contributed by atoms with Crippen molar-refractivity contribution in [1.29, 1.82) is 0 Å². The highest BCUT2D eigenvalue weighted by Crippen LogP contribution is 2.03. The highest BCUT2D eigenvalue weighted by molar-refractivity contribution is 5.84. The van der Waals surface area contributed by atoms with E-state index in [0.29, 0.717) is 13.1 Å². The molecule has 2 N–H and O–H groups in total. The molecule has 102 valence electrons. The van der Waals surface area contributed by atoms with E-state index in [2.05, 4.69) is 20.7 Å². The van der Waals surface area contributed by atoms with Gasteiger partial charge in [-0.15, -0.1) is 5.10 Å². The quantitative estimate of drug-likeness (QED) is 0.702. The Hall–Kier alpha value is -2.22. The van der Waals surface area contributed by atoms with Gasteiger partial charge in [-0.2, -0.15) is 5.10 Å². The third kappa shape index (κ3) is 3.38. The van der Waals surface area contributed by atoms with Gasteiger partial charge in [-0.25, -0.2) is 4.79 Å². The zero-order chi connectivity index (χ0) is 13.8. The highest BCUT2D eigenvalue weighted by Gasteiger charge is 2.07. The van der Waals surface area contributed by atoms with Gasteiger partial charge >= 0.3 is 5.97 Å². The molecule has 0 atom stereocenters. The number of aromatic carboxylic acids is 1. The maximum atomic E-state index is 10.6. The smallest absolute Gasteiger partial charge is 0.358 e. The Kier molecular flexibility index (Phi) is 3.91. The molecule has 0 fully saturated rings. The van der Waals surface area contributed by atoms with E-state index in [-0.39, 0.29) is 5.69 Å². The Bertz CT molecular complexity index is 574. The van der Waals surface area contributed by atoms with Crippen LogP contribution in [0.1, 0.15) is 21.7 Å². The van der Waals surface area contributed by atoms with E-state index in [0.717, 1.165) is 17.8 Å². The molecule has 0 radical (unpaired) electrons. The Morgan fingerprint density at radius 3 is 2.84 bits per heavy atom. The molecule has 0 bridgehead atoms. The van der Waals surface area contributed by atoms with Gasteiger partial charge in [0.15, 0.2) is 5.69 Å². The van der Waals surface area contributed by atoms with Crippen molar-refractivity contribution in [2.75, 3.05) is 6.54 Å². The fraction of sp³-hybridized carbons (Fsp3) is 0.455. The van der Waals surface area contributed by atoms with Crippen LogP contribution < -0.4 is 5.32 Å². The number of nitrogens with zero attached hydrogens (tertiary/aromatic N) is 5. The Balaban J connectivity index is 1.77. The molecule has 0 saturated carbocycles. The van der Waals surface area contributed by atoms with Gasteiger partial charge in [-0.05, 0) is 6.92 Å². The van der Waals surface area contributed by atoms with Gasteiger partial charge in [0.1, 0.15) is 0 Å². The zero-order valence-electron chi connectivity index (χ0n) is 10.9. The Morgan fingerprint density at radius 2 is 2.26 bits per heavy atom. The third-order valence-corrected chi connectivity index (χ3v) is 2.71. The van der Waals surface area contributed by atoms with Crippen LogP contribution in [0.4, 0.5) is 0 Å². The van der Waals surface area contributed by atoms with E-state index in [1.54, 1.807) is 4.68 Å². The molecule has 8 heteroatoms. The summed E-state index contributed by atoms with van der Waals surface area (Å²) in [7, 11) is 1.89. The number of rotatable bonds is 6. The third-order valence-electron chi connectivity index (χ3n) is 2.71. The number of nitrogens with one attached hydrogen (secondary N) is 1. The largest absolute Gasteiger partial charge is 0.476 e. The number of hydrogen-bond donors (Lipinski definition) is 2. The van der Waals surface area contributed by atoms with E-state index < -0.39 is 5.97 Å². The lowest BCUT2D eigenvalue weighted by molar-refractivity contribution is 0.0690. The lowest BCUT2D eigenvalue weighted by Gasteiger charge is -2.03. The SMILES string of the molecule is Cc1nn(C)cc1CNCCn1cc(C(=O)O)nn1. The van der Waals surface area contributed by atoms with Crippen LogP contribution in [0.2, 0.25) is 0 Å². The summed E-state index contributed by atoms with van der Waals surface area (Å²) in [6.45, 7) is 3.93. The maximum absolute atomic E-state index is 10.6. The summed E-state index contributed by atoms with van der Waals surface area (Å²) >= 11 is 0. The summed E-state index contributed by atoms with van der Waals surface area (Å²) in [6, 6.07) is 0. The molecule has 0 aliphatic heterocycles. The molecule has 0 aliphatic rings. The predicted octanol–water partition coefficient (Wildman–Crippen LogP) is -0.192. The zero-order valence-corrected chi connectivity index (χ0v) is 10.9. The highest BCUT2D eigenvalue weighted by atomic mass is 16.4. The van der Waals surface area contributed by atoms with Crippen molar-refractivity contribution < 1.29 is 9.90 Å². The van der Waals surface area contributed by atoms with Crippen LogP contribution in [0.5, 0.6) is 0 Å². The number of carbonyl (C=O) groups is 1. The average Bonchev–Trinajstić information content (AvgIpc) is 2.92. The van der Waals surface area contributed by atoms with Crippen molar-refractivity contribution in [2.24, 2.45) is 7.05 Å². The van der Waals surface area contributed by atoms with Crippen LogP contribution in [-0.4, -0.2) is 42.4 Å². The average molecular weight is 264 g/mol. The van der Waals surface area contributed by atoms with Crippen molar-refractivity contribution in [1.82, 2.24) is 30.1 Å². The minimum absolute atomic E-state index is 0.0388. The van der Waals surface area contributed by atoms with Crippen LogP contribution in [0.25, 0.3) is 0 Å². The molecule has 0 unspecified atom stereocenters. The summed E-state index contributed by atoms with van der Waals surface area (Å²) in [5.74, 6) is -1.06. The van der Waals surface area contributed by atoms with Crippen LogP contribution in [-0.2, 0) is 20.1 Å². The maximum Gasteiger partial charge on any atom is 0.358 e. The first-order chi connectivity index (χ1) is 9.06. The number of aryl methyl sites for hydroxylation is 2. The van der Waals surface area contributed by atoms with Crippen LogP contribution in [0.15, 0.2) is 12.4 Å². The minimum Gasteiger partial charge on any atom is -0.476 e. The summed E-state index contributed by atoms with van der Waals surface area (Å²) < 4.78 is 3.29. The molecule has 19 heavy (non-hydrogen) atoms. The van der Waals surface area contributed by atoms with E-state index >= 15 is 0 Å². The Morgan fingerprint density at radius 1 is 1.47 bits per heavy atom. The minimum atomic E-state index is -1.06. The monoisotopic (exact) mass is 264 g/mol. The molecule has 0 spiro atoms. The van der Waals surface area contributed by atoms with E-state index in [9.17, 15) is 4.79 Å². The molecule has 2 aromatic heterocycles. The van der Waals surface area contributed by atoms with Gasteiger partial charge in [0.25, 0.3) is 0 Å². The molecule has 8 nitrogen and oxygen atoms in total. The second-order valence-corrected chi connectivity index (χ2v) is 4.26. The van der Waals surface area contributed by atoms with Gasteiger partial charge in [0, 0.05) is 31.9 Å². The lowest BCUT2D eigenvalue weighted by Crippen LogP contribution is -2.20. The molecule has 2 heterocycles. The summed E-state index contributed by atoms with van der Waals surface area (Å²) in [6.07, 6.45) is 3.39. The van der Waals surface area contributed by atoms with Gasteiger partial charge in [0.2, 0.25) is 0 Å². The topological polar surface area (TPSA) is 97.9 Å². The van der Waals surface area contributed by atoms with Crippen molar-refractivity contribution in [2.45, 2.75) is 20.0 Å². The lowest BCUT2D eigenvalue weighted by atomic mass is 10.2. The fourth-order valence-corrected chi connectivity index (χ4v) is 1.74. The summed E-state index contributed by atoms with van der Waals surface area (Å²) in [5.41, 5.74) is 2.11. The number of hydrogen-bond acceptors (Lipinski definition) is 5. The molecule has 0 amide bonds. The van der Waals surface area contributed by atoms with E-state index in [1.165, 1.54) is 10.9 Å². The van der Waals surface area contributed by atoms with Gasteiger partial charge in [-0.1, -0.05) is 5.21 Å². The summed E-state index contributed by atoms with van der Waals surface area (Å²) in [4.78, 5) is 10.6. The van der Waals surface area contributed by atoms with Crippen molar-refractivity contribution in [3.05, 3.63) is 29.3 Å². The van der Waals surface area contributed by atoms with Gasteiger partial charge in [-0.3, -0.25) is 9.36 Å². The van der Waals surface area contributed by atoms with E-state index in [1.807, 2.05) is 20.2 Å². The molecule has 2 rings (SSSR count). The number of aromatic nitrogens is 5. The first kappa shape index (κ1) is 13.2. The van der Waals surface area contributed by atoms with Crippen molar-refractivity contribution in [3.63, 3.8) is 0 Å². The molecular formula is C11H16N6O2. The second-order valence-electron chi connectivity index (χ2n) is 4.26. The van der Waals surface area contributed by atoms with Crippen molar-refractivity contribution in [3.8, 4) is 0 Å². The van der Waals surface area contributed by atoms with Crippen LogP contribution >= 0.6 is 0 Å². The van der Waals surface area contributed by atoms with E-state index in [4.69, 9.17) is 5.11 Å². The number of carboxylic acids is 1. The molecule has 2 aromatic rings. The molecule has 0 aliphatic carbocycles. The van der Waals surface area contributed by atoms with Crippen LogP contribution in [0, 0.1) is 6.92 Å². The Labute approximate surface area is 110 Å². The second kappa shape index (κ2) is 5.61. The first-order valence-electron chi connectivity index (χ1n) is 5.89. The van der Waals surface area contributed by atoms with Gasteiger partial charge in [0.05, 0.1) is 18.4 Å². The number of carboxylic acid groups (broad SMARTS) is 1. The molecular weight excluding hydrogens is 248 g/mol. The standard InChI is InChI=1S/C11H16N6O2/c1-8-9(6-16(2)14-8)5-12-3-4-17-7-10(11(18)19)13-15-17/h6-7,12H,3-5H2,1-2H3,(H,18,19). The predicted molar refractivity (Wildman–Crippen MR) is 66.6 cm³/mol. The normalized spacial score (nSPS) is 10.8. The van der Waals surface area contributed by atoms with Gasteiger partial charge < -0.3 is 10.4 Å². The molecule has 0 saturated heterocycles. The summed E-state index contributed by atoms with van der Waals surface area (Å²) in [5, 5.41) is 23.5. The van der Waals surface area contributed by atoms with Crippen molar-refractivity contribution >= 4 is 5.97 Å². The fourth-order valence-electron chi connectivity index (χ4n) is 1.74. The van der Waals surface area contributed by atoms with Crippen LogP contribution in [0.3, 0.4) is 0 Å².